The highest BCUT2D eigenvalue weighted by molar-refractivity contribution is 6.29. The summed E-state index contributed by atoms with van der Waals surface area (Å²) in [7, 11) is 1.56. The summed E-state index contributed by atoms with van der Waals surface area (Å²) >= 11 is 5.77. The molecular weight excluding hydrogens is 380 g/mol. The van der Waals surface area contributed by atoms with Crippen molar-refractivity contribution in [2.45, 2.75) is 19.3 Å². The van der Waals surface area contributed by atoms with Crippen LogP contribution in [0.15, 0.2) is 42.9 Å². The zero-order valence-electron chi connectivity index (χ0n) is 15.2. The van der Waals surface area contributed by atoms with Gasteiger partial charge in [0.15, 0.2) is 0 Å². The minimum atomic E-state index is -0.196. The Bertz CT molecular complexity index is 956. The van der Waals surface area contributed by atoms with Crippen LogP contribution in [-0.2, 0) is 22.4 Å². The molecule has 0 aromatic carbocycles. The van der Waals surface area contributed by atoms with Crippen molar-refractivity contribution in [1.29, 1.82) is 0 Å². The van der Waals surface area contributed by atoms with Gasteiger partial charge < -0.3 is 10.6 Å². The number of likely N-dealkylation sites (N-methyl/N-ethyl adjacent to an activating group) is 1. The highest BCUT2D eigenvalue weighted by Gasteiger charge is 2.19. The first kappa shape index (κ1) is 19.5. The van der Waals surface area contributed by atoms with Gasteiger partial charge in [-0.25, -0.2) is 4.98 Å². The molecule has 8 nitrogen and oxygen atoms in total. The van der Waals surface area contributed by atoms with E-state index in [9.17, 15) is 9.59 Å². The van der Waals surface area contributed by atoms with Crippen LogP contribution in [-0.4, -0.2) is 39.0 Å². The van der Waals surface area contributed by atoms with E-state index in [1.165, 1.54) is 0 Å². The quantitative estimate of drug-likeness (QED) is 0.529. The molecule has 0 spiro atoms. The normalized spacial score (nSPS) is 10.5. The number of rotatable bonds is 7. The van der Waals surface area contributed by atoms with E-state index in [-0.39, 0.29) is 24.7 Å². The Labute approximate surface area is 166 Å². The maximum atomic E-state index is 12.4. The molecule has 0 aliphatic rings. The number of halogens is 1. The van der Waals surface area contributed by atoms with Crippen LogP contribution >= 0.6 is 11.6 Å². The molecule has 0 aliphatic carbocycles. The van der Waals surface area contributed by atoms with Gasteiger partial charge in [0.25, 0.3) is 0 Å². The molecule has 3 aromatic rings. The van der Waals surface area contributed by atoms with Crippen LogP contribution in [0.4, 0.5) is 5.82 Å². The summed E-state index contributed by atoms with van der Waals surface area (Å²) in [6, 6.07) is 7.11. The van der Waals surface area contributed by atoms with Gasteiger partial charge in [0.1, 0.15) is 11.0 Å². The average molecular weight is 399 g/mol. The van der Waals surface area contributed by atoms with Crippen molar-refractivity contribution < 1.29 is 9.59 Å². The molecule has 0 unspecified atom stereocenters. The minimum absolute atomic E-state index is 0.0847. The molecular formula is C19H19ClN6O2. The largest absolute Gasteiger partial charge is 0.359 e. The summed E-state index contributed by atoms with van der Waals surface area (Å²) < 4.78 is 0. The fourth-order valence-corrected chi connectivity index (χ4v) is 2.76. The van der Waals surface area contributed by atoms with E-state index < -0.39 is 0 Å². The van der Waals surface area contributed by atoms with Gasteiger partial charge in [-0.3, -0.25) is 19.7 Å². The van der Waals surface area contributed by atoms with Crippen LogP contribution in [0.25, 0.3) is 11.3 Å². The number of aryl methyl sites for hydroxylation is 1. The molecule has 3 aromatic heterocycles. The number of hydrogen-bond acceptors (Lipinski definition) is 5. The van der Waals surface area contributed by atoms with Gasteiger partial charge in [0.05, 0.1) is 12.1 Å². The second-order valence-electron chi connectivity index (χ2n) is 6.05. The van der Waals surface area contributed by atoms with Crippen LogP contribution in [0.3, 0.4) is 0 Å². The molecule has 0 saturated carbocycles. The van der Waals surface area contributed by atoms with E-state index in [4.69, 9.17) is 11.6 Å². The Hall–Kier alpha value is -3.26. The fourth-order valence-electron chi connectivity index (χ4n) is 2.65. The molecule has 28 heavy (non-hydrogen) atoms. The van der Waals surface area contributed by atoms with Gasteiger partial charge >= 0.3 is 0 Å². The van der Waals surface area contributed by atoms with Crippen LogP contribution in [0.2, 0.25) is 5.15 Å². The second kappa shape index (κ2) is 9.09. The third-order valence-electron chi connectivity index (χ3n) is 4.13. The summed E-state index contributed by atoms with van der Waals surface area (Å²) in [4.78, 5) is 32.3. The lowest BCUT2D eigenvalue weighted by Gasteiger charge is -2.08. The van der Waals surface area contributed by atoms with E-state index in [0.717, 1.165) is 11.1 Å². The van der Waals surface area contributed by atoms with Crippen molar-refractivity contribution in [2.75, 3.05) is 12.4 Å². The smallest absolute Gasteiger partial charge is 0.225 e. The molecule has 0 saturated heterocycles. The van der Waals surface area contributed by atoms with Crippen LogP contribution in [0.5, 0.6) is 0 Å². The first-order valence-corrected chi connectivity index (χ1v) is 9.03. The van der Waals surface area contributed by atoms with Gasteiger partial charge in [-0.15, -0.1) is 0 Å². The van der Waals surface area contributed by atoms with Gasteiger partial charge in [0.2, 0.25) is 11.8 Å². The molecule has 9 heteroatoms. The number of aromatic amines is 1. The third kappa shape index (κ3) is 4.92. The number of H-pyrrole nitrogens is 1. The van der Waals surface area contributed by atoms with E-state index in [1.807, 2.05) is 6.07 Å². The number of pyridine rings is 2. The lowest BCUT2D eigenvalue weighted by atomic mass is 10.1. The predicted octanol–water partition coefficient (Wildman–Crippen LogP) is 2.38. The van der Waals surface area contributed by atoms with E-state index in [1.54, 1.807) is 43.8 Å². The first-order valence-electron chi connectivity index (χ1n) is 8.65. The summed E-state index contributed by atoms with van der Waals surface area (Å²) in [5.41, 5.74) is 2.93. The van der Waals surface area contributed by atoms with Crippen LogP contribution in [0.1, 0.15) is 17.5 Å². The molecule has 2 amide bonds. The summed E-state index contributed by atoms with van der Waals surface area (Å²) in [6.45, 7) is 0. The van der Waals surface area contributed by atoms with Gasteiger partial charge in [-0.2, -0.15) is 5.10 Å². The molecule has 3 N–H and O–H groups in total. The number of anilines is 1. The van der Waals surface area contributed by atoms with Gasteiger partial charge in [-0.05, 0) is 30.2 Å². The maximum Gasteiger partial charge on any atom is 0.225 e. The lowest BCUT2D eigenvalue weighted by molar-refractivity contribution is -0.120. The number of carbonyl (C=O) groups is 2. The molecule has 0 fully saturated rings. The summed E-state index contributed by atoms with van der Waals surface area (Å²) in [5.74, 6) is 0.0344. The number of amides is 2. The fraction of sp³-hybridized carbons (Fsp3) is 0.211. The number of hydrogen-bond donors (Lipinski definition) is 3. The van der Waals surface area contributed by atoms with Crippen LogP contribution in [0, 0.1) is 0 Å². The van der Waals surface area contributed by atoms with Crippen LogP contribution < -0.4 is 10.6 Å². The summed E-state index contributed by atoms with van der Waals surface area (Å²) in [5, 5.41) is 12.9. The lowest BCUT2D eigenvalue weighted by Crippen LogP contribution is -2.21. The summed E-state index contributed by atoms with van der Waals surface area (Å²) in [6.07, 6.45) is 5.79. The predicted molar refractivity (Wildman–Crippen MR) is 106 cm³/mol. The molecule has 3 heterocycles. The highest BCUT2D eigenvalue weighted by atomic mass is 35.5. The molecule has 0 bridgehead atoms. The Morgan fingerprint density at radius 1 is 1.14 bits per heavy atom. The van der Waals surface area contributed by atoms with E-state index in [2.05, 4.69) is 30.8 Å². The minimum Gasteiger partial charge on any atom is -0.359 e. The van der Waals surface area contributed by atoms with Crippen molar-refractivity contribution in [3.05, 3.63) is 59.1 Å². The van der Waals surface area contributed by atoms with E-state index >= 15 is 0 Å². The second-order valence-corrected chi connectivity index (χ2v) is 6.44. The van der Waals surface area contributed by atoms with Crippen molar-refractivity contribution >= 4 is 29.2 Å². The SMILES string of the molecule is CNC(=O)Cc1c(-c2ccncc2)n[nH]c1NC(=O)CCc1ccc(Cl)nc1. The van der Waals surface area contributed by atoms with Gasteiger partial charge in [-0.1, -0.05) is 17.7 Å². The van der Waals surface area contributed by atoms with Crippen molar-refractivity contribution in [2.24, 2.45) is 0 Å². The monoisotopic (exact) mass is 398 g/mol. The number of carbonyl (C=O) groups excluding carboxylic acids is 2. The standard InChI is InChI=1S/C19H19ClN6O2/c1-21-17(28)10-14-18(13-6-8-22-9-7-13)25-26-19(14)24-16(27)5-3-12-2-4-15(20)23-11-12/h2,4,6-9,11H,3,5,10H2,1H3,(H,21,28)(H2,24,25,26,27). The van der Waals surface area contributed by atoms with Crippen molar-refractivity contribution in [3.63, 3.8) is 0 Å². The Kier molecular flexibility index (Phi) is 6.33. The topological polar surface area (TPSA) is 113 Å². The maximum absolute atomic E-state index is 12.4. The zero-order chi connectivity index (χ0) is 19.9. The van der Waals surface area contributed by atoms with Crippen molar-refractivity contribution in [1.82, 2.24) is 25.5 Å². The molecule has 0 atom stereocenters. The number of nitrogens with one attached hydrogen (secondary N) is 3. The Morgan fingerprint density at radius 2 is 1.93 bits per heavy atom. The van der Waals surface area contributed by atoms with E-state index in [0.29, 0.717) is 28.6 Å². The van der Waals surface area contributed by atoms with Crippen molar-refractivity contribution in [3.8, 4) is 11.3 Å². The molecule has 144 valence electrons. The Balaban J connectivity index is 1.75. The first-order chi connectivity index (χ1) is 13.6. The molecule has 3 rings (SSSR count). The Morgan fingerprint density at radius 3 is 2.61 bits per heavy atom. The zero-order valence-corrected chi connectivity index (χ0v) is 16.0. The molecule has 0 radical (unpaired) electrons. The highest BCUT2D eigenvalue weighted by Crippen LogP contribution is 2.27. The third-order valence-corrected chi connectivity index (χ3v) is 4.35. The average Bonchev–Trinajstić information content (AvgIpc) is 3.10. The number of aromatic nitrogens is 4. The molecule has 0 aliphatic heterocycles. The number of nitrogens with zero attached hydrogens (tertiary/aromatic N) is 3. The van der Waals surface area contributed by atoms with Gasteiger partial charge in [0, 0.05) is 43.2 Å².